The van der Waals surface area contributed by atoms with Gasteiger partial charge in [0, 0.05) is 11.6 Å². The van der Waals surface area contributed by atoms with Crippen molar-refractivity contribution in [2.24, 2.45) is 0 Å². The van der Waals surface area contributed by atoms with Gasteiger partial charge in [0.25, 0.3) is 0 Å². The lowest BCUT2D eigenvalue weighted by atomic mass is 10.1. The van der Waals surface area contributed by atoms with E-state index in [-0.39, 0.29) is 17.1 Å². The molecule has 22 heavy (non-hydrogen) atoms. The fraction of sp³-hybridized carbons (Fsp3) is 0.400. The topological polar surface area (TPSA) is 110 Å². The molecule has 120 valence electrons. The molecule has 2 N–H and O–H groups in total. The lowest BCUT2D eigenvalue weighted by Gasteiger charge is -2.24. The molecule has 0 unspecified atom stereocenters. The SMILES string of the molecule is CC(C)(Oc1cc(C=O)cc(OC(C)(C)C(=O)O)c1)C(=O)O. The predicted octanol–water partition coefficient (Wildman–Crippen LogP) is 1.98. The van der Waals surface area contributed by atoms with E-state index in [1.54, 1.807) is 0 Å². The highest BCUT2D eigenvalue weighted by Gasteiger charge is 2.31. The van der Waals surface area contributed by atoms with Crippen LogP contribution >= 0.6 is 0 Å². The number of aldehydes is 1. The molecule has 0 amide bonds. The lowest BCUT2D eigenvalue weighted by Crippen LogP contribution is -2.38. The zero-order valence-electron chi connectivity index (χ0n) is 12.7. The molecule has 0 heterocycles. The van der Waals surface area contributed by atoms with Crippen LogP contribution in [0.2, 0.25) is 0 Å². The average molecular weight is 310 g/mol. The number of carbonyl (C=O) groups is 3. The maximum Gasteiger partial charge on any atom is 0.347 e. The van der Waals surface area contributed by atoms with Gasteiger partial charge in [-0.15, -0.1) is 0 Å². The van der Waals surface area contributed by atoms with Crippen molar-refractivity contribution in [1.29, 1.82) is 0 Å². The molecule has 0 spiro atoms. The standard InChI is InChI=1S/C15H18O7/c1-14(2,12(17)18)21-10-5-9(8-16)6-11(7-10)22-15(3,4)13(19)20/h5-8H,1-4H3,(H,17,18)(H,19,20). The van der Waals surface area contributed by atoms with Crippen molar-refractivity contribution in [1.82, 2.24) is 0 Å². The quantitative estimate of drug-likeness (QED) is 0.741. The Morgan fingerprint density at radius 3 is 1.55 bits per heavy atom. The van der Waals surface area contributed by atoms with Gasteiger partial charge < -0.3 is 19.7 Å². The largest absolute Gasteiger partial charge is 0.478 e. The van der Waals surface area contributed by atoms with E-state index in [9.17, 15) is 14.4 Å². The molecular formula is C15H18O7. The van der Waals surface area contributed by atoms with Crippen molar-refractivity contribution < 1.29 is 34.1 Å². The van der Waals surface area contributed by atoms with Crippen LogP contribution in [0, 0.1) is 0 Å². The molecule has 0 atom stereocenters. The summed E-state index contributed by atoms with van der Waals surface area (Å²) in [6.07, 6.45) is 0.529. The minimum absolute atomic E-state index is 0.0909. The molecule has 1 aromatic carbocycles. The Labute approximate surface area is 127 Å². The van der Waals surface area contributed by atoms with Crippen molar-refractivity contribution in [3.05, 3.63) is 23.8 Å². The molecule has 1 rings (SSSR count). The molecule has 0 radical (unpaired) electrons. The molecular weight excluding hydrogens is 292 g/mol. The predicted molar refractivity (Wildman–Crippen MR) is 76.5 cm³/mol. The first-order valence-corrected chi connectivity index (χ1v) is 6.43. The Morgan fingerprint density at radius 1 is 0.909 bits per heavy atom. The molecule has 0 fully saturated rings. The van der Waals surface area contributed by atoms with Crippen LogP contribution < -0.4 is 9.47 Å². The maximum absolute atomic E-state index is 11.1. The second-order valence-corrected chi connectivity index (χ2v) is 5.69. The van der Waals surface area contributed by atoms with E-state index < -0.39 is 23.1 Å². The second kappa shape index (κ2) is 6.05. The summed E-state index contributed by atoms with van der Waals surface area (Å²) < 4.78 is 10.7. The van der Waals surface area contributed by atoms with Gasteiger partial charge in [-0.05, 0) is 39.8 Å². The third-order valence-corrected chi connectivity index (χ3v) is 2.81. The molecule has 0 aliphatic rings. The summed E-state index contributed by atoms with van der Waals surface area (Å²) in [6.45, 7) is 5.41. The Bertz CT molecular complexity index is 556. The van der Waals surface area contributed by atoms with Crippen molar-refractivity contribution in [3.8, 4) is 11.5 Å². The van der Waals surface area contributed by atoms with E-state index in [4.69, 9.17) is 19.7 Å². The van der Waals surface area contributed by atoms with E-state index in [1.165, 1.54) is 45.9 Å². The van der Waals surface area contributed by atoms with Gasteiger partial charge in [-0.1, -0.05) is 0 Å². The van der Waals surface area contributed by atoms with Gasteiger partial charge in [0.05, 0.1) is 0 Å². The van der Waals surface area contributed by atoms with Gasteiger partial charge in [0.15, 0.2) is 11.2 Å². The summed E-state index contributed by atoms with van der Waals surface area (Å²) in [6, 6.07) is 4.03. The van der Waals surface area contributed by atoms with Gasteiger partial charge >= 0.3 is 11.9 Å². The highest BCUT2D eigenvalue weighted by atomic mass is 16.5. The number of carboxylic acids is 2. The number of rotatable bonds is 7. The van der Waals surface area contributed by atoms with Crippen LogP contribution in [-0.4, -0.2) is 39.6 Å². The normalized spacial score (nSPS) is 11.6. The Hall–Kier alpha value is -2.57. The van der Waals surface area contributed by atoms with Gasteiger partial charge in [-0.25, -0.2) is 9.59 Å². The van der Waals surface area contributed by atoms with E-state index in [2.05, 4.69) is 0 Å². The highest BCUT2D eigenvalue weighted by molar-refractivity contribution is 5.79. The summed E-state index contributed by atoms with van der Waals surface area (Å²) in [5, 5.41) is 18.1. The van der Waals surface area contributed by atoms with Crippen LogP contribution in [0.15, 0.2) is 18.2 Å². The average Bonchev–Trinajstić information content (AvgIpc) is 2.36. The molecule has 0 aliphatic carbocycles. The Kier molecular flexibility index (Phi) is 4.80. The minimum atomic E-state index is -1.51. The fourth-order valence-electron chi connectivity index (χ4n) is 1.46. The van der Waals surface area contributed by atoms with Crippen molar-refractivity contribution in [2.75, 3.05) is 0 Å². The highest BCUT2D eigenvalue weighted by Crippen LogP contribution is 2.28. The van der Waals surface area contributed by atoms with Gasteiger partial charge in [0.2, 0.25) is 0 Å². The van der Waals surface area contributed by atoms with Crippen molar-refractivity contribution >= 4 is 18.2 Å². The maximum atomic E-state index is 11.1. The Balaban J connectivity index is 3.17. The third kappa shape index (κ3) is 4.21. The summed E-state index contributed by atoms with van der Waals surface area (Å²) in [4.78, 5) is 33.1. The monoisotopic (exact) mass is 310 g/mol. The number of aliphatic carboxylic acids is 2. The summed E-state index contributed by atoms with van der Waals surface area (Å²) in [5.41, 5.74) is -2.85. The van der Waals surface area contributed by atoms with Crippen LogP contribution in [0.4, 0.5) is 0 Å². The van der Waals surface area contributed by atoms with Crippen LogP contribution in [0.25, 0.3) is 0 Å². The summed E-state index contributed by atoms with van der Waals surface area (Å²) in [5.74, 6) is -2.18. The molecule has 0 saturated heterocycles. The van der Waals surface area contributed by atoms with E-state index >= 15 is 0 Å². The van der Waals surface area contributed by atoms with Crippen molar-refractivity contribution in [2.45, 2.75) is 38.9 Å². The van der Waals surface area contributed by atoms with Crippen LogP contribution in [-0.2, 0) is 9.59 Å². The second-order valence-electron chi connectivity index (χ2n) is 5.69. The molecule has 0 saturated carbocycles. The molecule has 0 bridgehead atoms. The minimum Gasteiger partial charge on any atom is -0.478 e. The van der Waals surface area contributed by atoms with E-state index in [1.807, 2.05) is 0 Å². The number of hydrogen-bond acceptors (Lipinski definition) is 5. The first-order chi connectivity index (χ1) is 9.98. The summed E-state index contributed by atoms with van der Waals surface area (Å²) in [7, 11) is 0. The number of benzene rings is 1. The first kappa shape index (κ1) is 17.5. The van der Waals surface area contributed by atoms with Crippen LogP contribution in [0.5, 0.6) is 11.5 Å². The molecule has 0 aromatic heterocycles. The number of carbonyl (C=O) groups excluding carboxylic acids is 1. The fourth-order valence-corrected chi connectivity index (χ4v) is 1.46. The lowest BCUT2D eigenvalue weighted by molar-refractivity contribution is -0.152. The zero-order valence-corrected chi connectivity index (χ0v) is 12.7. The Morgan fingerprint density at radius 2 is 1.27 bits per heavy atom. The summed E-state index contributed by atoms with van der Waals surface area (Å²) >= 11 is 0. The molecule has 1 aromatic rings. The molecule has 7 heteroatoms. The molecule has 7 nitrogen and oxygen atoms in total. The van der Waals surface area contributed by atoms with Crippen LogP contribution in [0.1, 0.15) is 38.1 Å². The van der Waals surface area contributed by atoms with E-state index in [0.717, 1.165) is 0 Å². The smallest absolute Gasteiger partial charge is 0.347 e. The van der Waals surface area contributed by atoms with Gasteiger partial charge in [-0.2, -0.15) is 0 Å². The first-order valence-electron chi connectivity index (χ1n) is 6.43. The number of ether oxygens (including phenoxy) is 2. The van der Waals surface area contributed by atoms with Gasteiger partial charge in [-0.3, -0.25) is 4.79 Å². The number of carboxylic acid groups (broad SMARTS) is 2. The number of hydrogen-bond donors (Lipinski definition) is 2. The van der Waals surface area contributed by atoms with Crippen LogP contribution in [0.3, 0.4) is 0 Å². The van der Waals surface area contributed by atoms with Gasteiger partial charge in [0.1, 0.15) is 17.8 Å². The van der Waals surface area contributed by atoms with Crippen molar-refractivity contribution in [3.63, 3.8) is 0 Å². The zero-order chi connectivity index (χ0) is 17.1. The molecule has 0 aliphatic heterocycles. The third-order valence-electron chi connectivity index (χ3n) is 2.81. The van der Waals surface area contributed by atoms with E-state index in [0.29, 0.717) is 6.29 Å².